The number of carbonyl (C=O) groups is 1. The second-order valence-corrected chi connectivity index (χ2v) is 5.83. The smallest absolute Gasteiger partial charge is 0.411 e. The van der Waals surface area contributed by atoms with Gasteiger partial charge in [0.15, 0.2) is 0 Å². The maximum absolute atomic E-state index is 12.0. The van der Waals surface area contributed by atoms with Crippen molar-refractivity contribution in [1.29, 1.82) is 0 Å². The Morgan fingerprint density at radius 2 is 1.94 bits per heavy atom. The minimum absolute atomic E-state index is 0.0183. The van der Waals surface area contributed by atoms with Crippen LogP contribution in [0.4, 0.5) is 4.79 Å². The second kappa shape index (κ2) is 4.24. The average Bonchev–Trinajstić information content (AvgIpc) is 2.81. The van der Waals surface area contributed by atoms with Crippen molar-refractivity contribution in [3.63, 3.8) is 0 Å². The summed E-state index contributed by atoms with van der Waals surface area (Å²) in [5, 5.41) is 9.37. The van der Waals surface area contributed by atoms with E-state index < -0.39 is 5.60 Å². The fourth-order valence-electron chi connectivity index (χ4n) is 1.88. The topological polar surface area (TPSA) is 49.8 Å². The highest BCUT2D eigenvalue weighted by Crippen LogP contribution is 2.43. The molecule has 0 radical (unpaired) electrons. The third kappa shape index (κ3) is 2.88. The zero-order chi connectivity index (χ0) is 12.6. The normalized spacial score (nSPS) is 18.4. The number of hydrogen-bond acceptors (Lipinski definition) is 3. The Bertz CT molecular complexity index is 264. The van der Waals surface area contributed by atoms with E-state index in [1.54, 1.807) is 4.90 Å². The molecule has 0 aromatic rings. The van der Waals surface area contributed by atoms with E-state index in [0.717, 1.165) is 12.8 Å². The maximum atomic E-state index is 12.0. The lowest BCUT2D eigenvalue weighted by molar-refractivity contribution is -0.00420. The van der Waals surface area contributed by atoms with Gasteiger partial charge in [-0.05, 0) is 47.5 Å². The quantitative estimate of drug-likeness (QED) is 0.806. The Kier molecular flexibility index (Phi) is 3.53. The molecule has 0 atom stereocenters. The zero-order valence-electron chi connectivity index (χ0n) is 10.9. The van der Waals surface area contributed by atoms with Gasteiger partial charge in [0.25, 0.3) is 0 Å². The largest absolute Gasteiger partial charge is 0.444 e. The van der Waals surface area contributed by atoms with E-state index in [2.05, 4.69) is 0 Å². The molecule has 0 aromatic carbocycles. The molecule has 1 fully saturated rings. The molecule has 1 saturated carbocycles. The Morgan fingerprint density at radius 1 is 1.44 bits per heavy atom. The van der Waals surface area contributed by atoms with Crippen LogP contribution in [0.5, 0.6) is 0 Å². The summed E-state index contributed by atoms with van der Waals surface area (Å²) in [6, 6.07) is 0.0458. The minimum Gasteiger partial charge on any atom is -0.444 e. The van der Waals surface area contributed by atoms with Gasteiger partial charge in [-0.25, -0.2) is 4.79 Å². The lowest BCUT2D eigenvalue weighted by Gasteiger charge is -2.35. The van der Waals surface area contributed by atoms with Gasteiger partial charge in [0.05, 0.1) is 12.1 Å². The van der Waals surface area contributed by atoms with Crippen molar-refractivity contribution in [2.45, 2.75) is 64.6 Å². The number of aliphatic hydroxyl groups is 1. The standard InChI is InChI=1S/C12H23NO3/c1-9(2)13(12(8-14)6-7-12)10(15)16-11(3,4)5/h9,14H,6-8H2,1-5H3. The molecule has 0 aliphatic heterocycles. The first-order chi connectivity index (χ1) is 7.22. The minimum atomic E-state index is -0.490. The Hall–Kier alpha value is -0.770. The summed E-state index contributed by atoms with van der Waals surface area (Å²) < 4.78 is 5.37. The van der Waals surface area contributed by atoms with Gasteiger partial charge in [-0.3, -0.25) is 4.90 Å². The van der Waals surface area contributed by atoms with Gasteiger partial charge in [-0.15, -0.1) is 0 Å². The predicted octanol–water partition coefficient (Wildman–Crippen LogP) is 2.16. The molecule has 0 aromatic heterocycles. The molecule has 16 heavy (non-hydrogen) atoms. The lowest BCUT2D eigenvalue weighted by Crippen LogP contribution is -2.50. The third-order valence-corrected chi connectivity index (χ3v) is 2.74. The number of amides is 1. The van der Waals surface area contributed by atoms with E-state index in [1.165, 1.54) is 0 Å². The van der Waals surface area contributed by atoms with Gasteiger partial charge in [-0.1, -0.05) is 0 Å². The van der Waals surface area contributed by atoms with Crippen molar-refractivity contribution in [2.75, 3.05) is 6.61 Å². The third-order valence-electron chi connectivity index (χ3n) is 2.74. The van der Waals surface area contributed by atoms with Crippen LogP contribution in [0.3, 0.4) is 0 Å². The van der Waals surface area contributed by atoms with Gasteiger partial charge < -0.3 is 9.84 Å². The van der Waals surface area contributed by atoms with Crippen LogP contribution in [0, 0.1) is 0 Å². The summed E-state index contributed by atoms with van der Waals surface area (Å²) in [6.45, 7) is 9.45. The van der Waals surface area contributed by atoms with Crippen LogP contribution in [-0.2, 0) is 4.74 Å². The second-order valence-electron chi connectivity index (χ2n) is 5.83. The first-order valence-corrected chi connectivity index (χ1v) is 5.85. The van der Waals surface area contributed by atoms with E-state index in [4.69, 9.17) is 4.74 Å². The Labute approximate surface area is 97.6 Å². The van der Waals surface area contributed by atoms with Crippen LogP contribution in [0.25, 0.3) is 0 Å². The van der Waals surface area contributed by atoms with Crippen LogP contribution in [0.2, 0.25) is 0 Å². The molecule has 1 aliphatic rings. The van der Waals surface area contributed by atoms with E-state index in [-0.39, 0.29) is 24.3 Å². The molecule has 0 saturated heterocycles. The number of rotatable bonds is 3. The van der Waals surface area contributed by atoms with E-state index >= 15 is 0 Å². The van der Waals surface area contributed by atoms with Crippen LogP contribution in [0.15, 0.2) is 0 Å². The lowest BCUT2D eigenvalue weighted by atomic mass is 10.2. The molecule has 1 aliphatic carbocycles. The van der Waals surface area contributed by atoms with Crippen LogP contribution in [-0.4, -0.2) is 39.9 Å². The monoisotopic (exact) mass is 229 g/mol. The first-order valence-electron chi connectivity index (χ1n) is 5.85. The zero-order valence-corrected chi connectivity index (χ0v) is 10.9. The molecule has 1 rings (SSSR count). The van der Waals surface area contributed by atoms with Gasteiger partial charge >= 0.3 is 6.09 Å². The molecule has 1 amide bonds. The molecule has 0 unspecified atom stereocenters. The van der Waals surface area contributed by atoms with Crippen molar-refractivity contribution in [3.05, 3.63) is 0 Å². The summed E-state index contributed by atoms with van der Waals surface area (Å²) in [6.07, 6.45) is 1.40. The van der Waals surface area contributed by atoms with Gasteiger partial charge in [0.1, 0.15) is 5.60 Å². The molecular weight excluding hydrogens is 206 g/mol. The SMILES string of the molecule is CC(C)N(C(=O)OC(C)(C)C)C1(CO)CC1. The number of nitrogens with zero attached hydrogens (tertiary/aromatic N) is 1. The molecule has 94 valence electrons. The van der Waals surface area contributed by atoms with Gasteiger partial charge in [0, 0.05) is 6.04 Å². The van der Waals surface area contributed by atoms with Crippen LogP contribution >= 0.6 is 0 Å². The molecule has 4 heteroatoms. The molecule has 0 heterocycles. The maximum Gasteiger partial charge on any atom is 0.411 e. The first kappa shape index (κ1) is 13.3. The average molecular weight is 229 g/mol. The highest BCUT2D eigenvalue weighted by Gasteiger charge is 2.51. The Balaban J connectivity index is 2.76. The van der Waals surface area contributed by atoms with Crippen molar-refractivity contribution < 1.29 is 14.6 Å². The number of hydrogen-bond donors (Lipinski definition) is 1. The number of ether oxygens (including phenoxy) is 1. The van der Waals surface area contributed by atoms with Crippen LogP contribution in [0.1, 0.15) is 47.5 Å². The summed E-state index contributed by atoms with van der Waals surface area (Å²) in [5.41, 5.74) is -0.855. The van der Waals surface area contributed by atoms with Crippen molar-refractivity contribution in [3.8, 4) is 0 Å². The van der Waals surface area contributed by atoms with Crippen molar-refractivity contribution in [2.24, 2.45) is 0 Å². The fourth-order valence-corrected chi connectivity index (χ4v) is 1.88. The molecule has 4 nitrogen and oxygen atoms in total. The molecule has 1 N–H and O–H groups in total. The molecule has 0 spiro atoms. The highest BCUT2D eigenvalue weighted by molar-refractivity contribution is 5.70. The van der Waals surface area contributed by atoms with E-state index in [1.807, 2.05) is 34.6 Å². The van der Waals surface area contributed by atoms with Gasteiger partial charge in [0.2, 0.25) is 0 Å². The molecule has 0 bridgehead atoms. The fraction of sp³-hybridized carbons (Fsp3) is 0.917. The predicted molar refractivity (Wildman–Crippen MR) is 62.3 cm³/mol. The summed E-state index contributed by atoms with van der Waals surface area (Å²) >= 11 is 0. The van der Waals surface area contributed by atoms with Crippen LogP contribution < -0.4 is 0 Å². The van der Waals surface area contributed by atoms with Crippen molar-refractivity contribution >= 4 is 6.09 Å². The molecular formula is C12H23NO3. The summed E-state index contributed by atoms with van der Waals surface area (Å²) in [7, 11) is 0. The number of aliphatic hydroxyl groups excluding tert-OH is 1. The van der Waals surface area contributed by atoms with Gasteiger partial charge in [-0.2, -0.15) is 0 Å². The van der Waals surface area contributed by atoms with E-state index in [0.29, 0.717) is 0 Å². The highest BCUT2D eigenvalue weighted by atomic mass is 16.6. The summed E-state index contributed by atoms with van der Waals surface area (Å²) in [5.74, 6) is 0. The van der Waals surface area contributed by atoms with Crippen molar-refractivity contribution in [1.82, 2.24) is 4.90 Å². The van der Waals surface area contributed by atoms with E-state index in [9.17, 15) is 9.90 Å². The number of carbonyl (C=O) groups excluding carboxylic acids is 1. The summed E-state index contributed by atoms with van der Waals surface area (Å²) in [4.78, 5) is 13.7. The Morgan fingerprint density at radius 3 is 2.19 bits per heavy atom.